The van der Waals surface area contributed by atoms with Crippen LogP contribution in [0.3, 0.4) is 0 Å². The summed E-state index contributed by atoms with van der Waals surface area (Å²) in [6, 6.07) is 7.37. The lowest BCUT2D eigenvalue weighted by Gasteiger charge is -1.99. The molecule has 0 aliphatic rings. The molecule has 5 heteroatoms. The summed E-state index contributed by atoms with van der Waals surface area (Å²) in [4.78, 5) is 11.9. The monoisotopic (exact) mass is 313 g/mol. The number of carbonyl (C=O) groups is 1. The smallest absolute Gasteiger partial charge is 0.230 e. The van der Waals surface area contributed by atoms with Gasteiger partial charge >= 0.3 is 0 Å². The molecule has 0 spiro atoms. The Labute approximate surface area is 100 Å². The van der Waals surface area contributed by atoms with Gasteiger partial charge in [-0.2, -0.15) is 0 Å². The van der Waals surface area contributed by atoms with E-state index in [-0.39, 0.29) is 5.78 Å². The summed E-state index contributed by atoms with van der Waals surface area (Å²) in [6.07, 6.45) is 1.51. The number of nitrogens with zero attached hydrogens (tertiary/aromatic N) is 3. The van der Waals surface area contributed by atoms with Gasteiger partial charge in [-0.05, 0) is 46.9 Å². The fourth-order valence-electron chi connectivity index (χ4n) is 1.22. The van der Waals surface area contributed by atoms with Crippen molar-refractivity contribution in [2.24, 2.45) is 7.05 Å². The molecule has 0 bridgehead atoms. The molecule has 1 aromatic carbocycles. The van der Waals surface area contributed by atoms with Crippen LogP contribution in [-0.4, -0.2) is 20.5 Å². The highest BCUT2D eigenvalue weighted by Gasteiger charge is 2.13. The van der Waals surface area contributed by atoms with E-state index in [4.69, 9.17) is 0 Å². The van der Waals surface area contributed by atoms with Crippen molar-refractivity contribution in [3.05, 3.63) is 45.6 Å². The maximum atomic E-state index is 11.9. The normalized spacial score (nSPS) is 10.3. The van der Waals surface area contributed by atoms with Crippen LogP contribution in [0.25, 0.3) is 0 Å². The molecule has 76 valence electrons. The first kappa shape index (κ1) is 10.3. The van der Waals surface area contributed by atoms with Crippen molar-refractivity contribution >= 4 is 28.4 Å². The average molecular weight is 313 g/mol. The van der Waals surface area contributed by atoms with Crippen molar-refractivity contribution in [1.82, 2.24) is 14.8 Å². The van der Waals surface area contributed by atoms with Gasteiger partial charge in [0.1, 0.15) is 6.33 Å². The molecule has 1 heterocycles. The number of hydrogen-bond donors (Lipinski definition) is 0. The molecule has 0 unspecified atom stereocenters. The third-order valence-electron chi connectivity index (χ3n) is 2.02. The molecule has 2 rings (SSSR count). The third-order valence-corrected chi connectivity index (χ3v) is 2.74. The maximum absolute atomic E-state index is 11.9. The number of halogens is 1. The van der Waals surface area contributed by atoms with Crippen molar-refractivity contribution in [3.8, 4) is 0 Å². The third kappa shape index (κ3) is 2.06. The van der Waals surface area contributed by atoms with Gasteiger partial charge in [-0.3, -0.25) is 4.79 Å². The summed E-state index contributed by atoms with van der Waals surface area (Å²) < 4.78 is 2.71. The second-order valence-corrected chi connectivity index (χ2v) is 4.35. The van der Waals surface area contributed by atoms with Crippen molar-refractivity contribution in [1.29, 1.82) is 0 Å². The molecule has 0 saturated carbocycles. The van der Waals surface area contributed by atoms with Crippen LogP contribution < -0.4 is 0 Å². The van der Waals surface area contributed by atoms with Crippen LogP contribution in [0.4, 0.5) is 0 Å². The Balaban J connectivity index is 2.37. The summed E-state index contributed by atoms with van der Waals surface area (Å²) >= 11 is 2.20. The van der Waals surface area contributed by atoms with Crippen molar-refractivity contribution in [2.45, 2.75) is 0 Å². The van der Waals surface area contributed by atoms with Crippen LogP contribution >= 0.6 is 22.6 Å². The molecule has 0 amide bonds. The van der Waals surface area contributed by atoms with Crippen LogP contribution in [0, 0.1) is 3.57 Å². The second-order valence-electron chi connectivity index (χ2n) is 3.10. The molecular formula is C10H8IN3O. The van der Waals surface area contributed by atoms with Gasteiger partial charge in [0.15, 0.2) is 0 Å². The Morgan fingerprint density at radius 2 is 2.00 bits per heavy atom. The van der Waals surface area contributed by atoms with Gasteiger partial charge in [-0.15, -0.1) is 10.2 Å². The van der Waals surface area contributed by atoms with E-state index in [2.05, 4.69) is 32.8 Å². The van der Waals surface area contributed by atoms with Gasteiger partial charge in [-0.25, -0.2) is 0 Å². The van der Waals surface area contributed by atoms with Crippen molar-refractivity contribution in [3.63, 3.8) is 0 Å². The Bertz CT molecular complexity index is 490. The molecule has 2 aromatic rings. The Hall–Kier alpha value is -1.24. The number of benzene rings is 1. The van der Waals surface area contributed by atoms with E-state index >= 15 is 0 Å². The zero-order valence-electron chi connectivity index (χ0n) is 8.01. The van der Waals surface area contributed by atoms with E-state index in [0.717, 1.165) is 3.57 Å². The summed E-state index contributed by atoms with van der Waals surface area (Å²) in [6.45, 7) is 0. The minimum atomic E-state index is -0.105. The highest BCUT2D eigenvalue weighted by Crippen LogP contribution is 2.10. The van der Waals surface area contributed by atoms with Crippen LogP contribution in [-0.2, 0) is 7.05 Å². The number of aryl methyl sites for hydroxylation is 1. The second kappa shape index (κ2) is 4.09. The molecule has 4 nitrogen and oxygen atoms in total. The Kier molecular flexibility index (Phi) is 2.81. The Morgan fingerprint density at radius 1 is 1.33 bits per heavy atom. The SMILES string of the molecule is Cn1cnnc1C(=O)c1ccc(I)cc1. The number of carbonyl (C=O) groups excluding carboxylic acids is 1. The predicted molar refractivity (Wildman–Crippen MR) is 63.6 cm³/mol. The molecule has 1 aromatic heterocycles. The number of rotatable bonds is 2. The van der Waals surface area contributed by atoms with Crippen LogP contribution in [0.5, 0.6) is 0 Å². The largest absolute Gasteiger partial charge is 0.314 e. The fourth-order valence-corrected chi connectivity index (χ4v) is 1.58. The Morgan fingerprint density at radius 3 is 2.53 bits per heavy atom. The molecule has 0 aliphatic carbocycles. The maximum Gasteiger partial charge on any atom is 0.230 e. The molecule has 0 N–H and O–H groups in total. The summed E-state index contributed by atoms with van der Waals surface area (Å²) in [5.74, 6) is 0.252. The summed E-state index contributed by atoms with van der Waals surface area (Å²) in [5, 5.41) is 7.45. The molecule has 15 heavy (non-hydrogen) atoms. The fraction of sp³-hybridized carbons (Fsp3) is 0.100. The standard InChI is InChI=1S/C10H8IN3O/c1-14-6-12-13-10(14)9(15)7-2-4-8(11)5-3-7/h2-6H,1H3. The zero-order chi connectivity index (χ0) is 10.8. The van der Waals surface area contributed by atoms with E-state index < -0.39 is 0 Å². The lowest BCUT2D eigenvalue weighted by molar-refractivity contribution is 0.102. The van der Waals surface area contributed by atoms with Crippen LogP contribution in [0.2, 0.25) is 0 Å². The van der Waals surface area contributed by atoms with Gasteiger partial charge < -0.3 is 4.57 Å². The van der Waals surface area contributed by atoms with E-state index in [1.54, 1.807) is 23.7 Å². The first-order valence-corrected chi connectivity index (χ1v) is 5.40. The predicted octanol–water partition coefficient (Wildman–Crippen LogP) is 1.65. The van der Waals surface area contributed by atoms with Gasteiger partial charge in [0.25, 0.3) is 0 Å². The minimum absolute atomic E-state index is 0.105. The first-order valence-electron chi connectivity index (χ1n) is 4.33. The summed E-state index contributed by atoms with van der Waals surface area (Å²) in [5.41, 5.74) is 0.631. The van der Waals surface area contributed by atoms with Gasteiger partial charge in [-0.1, -0.05) is 0 Å². The van der Waals surface area contributed by atoms with E-state index in [1.165, 1.54) is 6.33 Å². The minimum Gasteiger partial charge on any atom is -0.314 e. The van der Waals surface area contributed by atoms with Crippen LogP contribution in [0.15, 0.2) is 30.6 Å². The number of hydrogen-bond acceptors (Lipinski definition) is 3. The average Bonchev–Trinajstić information content (AvgIpc) is 2.65. The first-order chi connectivity index (χ1) is 7.18. The molecule has 0 saturated heterocycles. The number of aromatic nitrogens is 3. The van der Waals surface area contributed by atoms with Crippen molar-refractivity contribution in [2.75, 3.05) is 0 Å². The van der Waals surface area contributed by atoms with Crippen molar-refractivity contribution < 1.29 is 4.79 Å². The lowest BCUT2D eigenvalue weighted by atomic mass is 10.1. The van der Waals surface area contributed by atoms with Gasteiger partial charge in [0.2, 0.25) is 11.6 Å². The topological polar surface area (TPSA) is 47.8 Å². The molecule has 0 fully saturated rings. The van der Waals surface area contributed by atoms with Gasteiger partial charge in [0.05, 0.1) is 0 Å². The van der Waals surface area contributed by atoms with Crippen LogP contribution in [0.1, 0.15) is 16.2 Å². The highest BCUT2D eigenvalue weighted by molar-refractivity contribution is 14.1. The van der Waals surface area contributed by atoms with E-state index in [9.17, 15) is 4.79 Å². The lowest BCUT2D eigenvalue weighted by Crippen LogP contribution is -2.08. The number of ketones is 1. The molecule has 0 aliphatic heterocycles. The van der Waals surface area contributed by atoms with E-state index in [0.29, 0.717) is 11.4 Å². The van der Waals surface area contributed by atoms with Gasteiger partial charge in [0, 0.05) is 16.2 Å². The molecular weight excluding hydrogens is 305 g/mol. The highest BCUT2D eigenvalue weighted by atomic mass is 127. The zero-order valence-corrected chi connectivity index (χ0v) is 10.2. The van der Waals surface area contributed by atoms with E-state index in [1.807, 2.05) is 12.1 Å². The molecule has 0 radical (unpaired) electrons. The molecule has 0 atom stereocenters. The summed E-state index contributed by atoms with van der Waals surface area (Å²) in [7, 11) is 1.75. The quantitative estimate of drug-likeness (QED) is 0.626.